The van der Waals surface area contributed by atoms with Crippen molar-refractivity contribution in [2.24, 2.45) is 0 Å². The van der Waals surface area contributed by atoms with Gasteiger partial charge in [-0.1, -0.05) is 0 Å². The zero-order valence-electron chi connectivity index (χ0n) is 9.71. The first kappa shape index (κ1) is 13.0. The Balaban J connectivity index is 2.50. The van der Waals surface area contributed by atoms with Crippen LogP contribution in [0.2, 0.25) is 0 Å². The van der Waals surface area contributed by atoms with Crippen molar-refractivity contribution in [2.75, 3.05) is 20.7 Å². The first-order valence-electron chi connectivity index (χ1n) is 5.02. The minimum atomic E-state index is -1.06. The Bertz CT molecular complexity index is 418. The second kappa shape index (κ2) is 5.83. The second-order valence-electron chi connectivity index (χ2n) is 3.60. The van der Waals surface area contributed by atoms with Gasteiger partial charge in [-0.3, -0.25) is 9.78 Å². The Hall–Kier alpha value is -2.11. The van der Waals surface area contributed by atoms with E-state index in [9.17, 15) is 9.59 Å². The summed E-state index contributed by atoms with van der Waals surface area (Å²) in [5.41, 5.74) is 0.0569. The lowest BCUT2D eigenvalue weighted by molar-refractivity contribution is -0.129. The van der Waals surface area contributed by atoms with Crippen molar-refractivity contribution in [3.8, 4) is 5.75 Å². The third kappa shape index (κ3) is 4.10. The summed E-state index contributed by atoms with van der Waals surface area (Å²) >= 11 is 0. The summed E-state index contributed by atoms with van der Waals surface area (Å²) in [6.45, 7) is 0.196. The smallest absolute Gasteiger partial charge is 0.337 e. The number of carbonyl (C=O) groups is 2. The number of ether oxygens (including phenoxy) is 1. The second-order valence-corrected chi connectivity index (χ2v) is 3.60. The zero-order valence-corrected chi connectivity index (χ0v) is 9.71. The van der Waals surface area contributed by atoms with Gasteiger partial charge in [0.25, 0.3) is 0 Å². The number of hydrogen-bond acceptors (Lipinski definition) is 4. The van der Waals surface area contributed by atoms with Gasteiger partial charge in [0.1, 0.15) is 5.75 Å². The lowest BCUT2D eigenvalue weighted by Gasteiger charge is -2.10. The number of hydrogen-bond donors (Lipinski definition) is 1. The van der Waals surface area contributed by atoms with Gasteiger partial charge >= 0.3 is 5.97 Å². The van der Waals surface area contributed by atoms with E-state index in [-0.39, 0.29) is 24.5 Å². The summed E-state index contributed by atoms with van der Waals surface area (Å²) in [7, 11) is 3.32. The average Bonchev–Trinajstić information content (AvgIpc) is 2.29. The highest BCUT2D eigenvalue weighted by Gasteiger charge is 2.06. The number of carboxylic acid groups (broad SMARTS) is 1. The molecule has 0 saturated heterocycles. The van der Waals surface area contributed by atoms with Gasteiger partial charge in [-0.15, -0.1) is 0 Å². The summed E-state index contributed by atoms with van der Waals surface area (Å²) in [4.78, 5) is 27.1. The summed E-state index contributed by atoms with van der Waals surface area (Å²) in [5, 5.41) is 8.74. The molecule has 0 fully saturated rings. The number of rotatable bonds is 5. The fraction of sp³-hybridized carbons (Fsp3) is 0.364. The van der Waals surface area contributed by atoms with Gasteiger partial charge in [-0.05, 0) is 6.07 Å². The van der Waals surface area contributed by atoms with Crippen LogP contribution in [-0.4, -0.2) is 47.6 Å². The van der Waals surface area contributed by atoms with Crippen LogP contribution in [0.1, 0.15) is 16.8 Å². The van der Waals surface area contributed by atoms with Gasteiger partial charge in [-0.2, -0.15) is 0 Å². The third-order valence-electron chi connectivity index (χ3n) is 2.04. The van der Waals surface area contributed by atoms with Gasteiger partial charge in [-0.25, -0.2) is 4.79 Å². The molecule has 0 bridgehead atoms. The number of aromatic nitrogens is 1. The van der Waals surface area contributed by atoms with Gasteiger partial charge < -0.3 is 14.7 Å². The summed E-state index contributed by atoms with van der Waals surface area (Å²) in [6.07, 6.45) is 2.89. The van der Waals surface area contributed by atoms with Crippen LogP contribution < -0.4 is 4.74 Å². The van der Waals surface area contributed by atoms with Crippen LogP contribution in [0.4, 0.5) is 0 Å². The van der Waals surface area contributed by atoms with Crippen LogP contribution >= 0.6 is 0 Å². The molecule has 0 aromatic carbocycles. The number of carboxylic acids is 1. The van der Waals surface area contributed by atoms with Crippen LogP contribution in [0.3, 0.4) is 0 Å². The first-order chi connectivity index (χ1) is 8.00. The predicted molar refractivity (Wildman–Crippen MR) is 60.0 cm³/mol. The molecule has 17 heavy (non-hydrogen) atoms. The molecule has 0 aliphatic rings. The summed E-state index contributed by atoms with van der Waals surface area (Å²) < 4.78 is 5.24. The largest absolute Gasteiger partial charge is 0.491 e. The molecule has 6 nitrogen and oxygen atoms in total. The lowest BCUT2D eigenvalue weighted by Crippen LogP contribution is -2.23. The van der Waals surface area contributed by atoms with E-state index in [4.69, 9.17) is 9.84 Å². The number of amides is 1. The number of nitrogens with zero attached hydrogens (tertiary/aromatic N) is 2. The minimum Gasteiger partial charge on any atom is -0.491 e. The maximum atomic E-state index is 11.2. The Morgan fingerprint density at radius 3 is 2.71 bits per heavy atom. The molecule has 92 valence electrons. The van der Waals surface area contributed by atoms with Crippen LogP contribution in [0.25, 0.3) is 0 Å². The Morgan fingerprint density at radius 1 is 1.41 bits per heavy atom. The van der Waals surface area contributed by atoms with Crippen molar-refractivity contribution < 1.29 is 19.4 Å². The fourth-order valence-corrected chi connectivity index (χ4v) is 1.09. The number of aromatic carboxylic acids is 1. The molecule has 1 aromatic rings. The summed E-state index contributed by atoms with van der Waals surface area (Å²) in [6, 6.07) is 1.37. The van der Waals surface area contributed by atoms with E-state index in [0.29, 0.717) is 5.75 Å². The molecule has 1 heterocycles. The van der Waals surface area contributed by atoms with E-state index < -0.39 is 5.97 Å². The molecule has 1 N–H and O–H groups in total. The van der Waals surface area contributed by atoms with Crippen LogP contribution in [0, 0.1) is 0 Å². The fourth-order valence-electron chi connectivity index (χ4n) is 1.09. The normalized spacial score (nSPS) is 9.76. The van der Waals surface area contributed by atoms with Gasteiger partial charge in [0, 0.05) is 20.3 Å². The molecule has 0 spiro atoms. The summed E-state index contributed by atoms with van der Waals surface area (Å²) in [5.74, 6) is -0.767. The van der Waals surface area contributed by atoms with E-state index in [0.717, 1.165) is 0 Å². The average molecular weight is 238 g/mol. The van der Waals surface area contributed by atoms with Gasteiger partial charge in [0.2, 0.25) is 5.91 Å². The molecular formula is C11H14N2O4. The Morgan fingerprint density at radius 2 is 2.12 bits per heavy atom. The monoisotopic (exact) mass is 238 g/mol. The molecule has 1 amide bonds. The highest BCUT2D eigenvalue weighted by Crippen LogP contribution is 2.11. The molecule has 0 radical (unpaired) electrons. The quantitative estimate of drug-likeness (QED) is 0.814. The highest BCUT2D eigenvalue weighted by molar-refractivity contribution is 5.87. The van der Waals surface area contributed by atoms with Gasteiger partial charge in [0.15, 0.2) is 0 Å². The molecule has 1 rings (SSSR count). The molecule has 0 saturated carbocycles. The number of pyridine rings is 1. The van der Waals surface area contributed by atoms with Crippen LogP contribution in [0.5, 0.6) is 5.75 Å². The maximum Gasteiger partial charge on any atom is 0.337 e. The van der Waals surface area contributed by atoms with Crippen molar-refractivity contribution in [1.29, 1.82) is 0 Å². The van der Waals surface area contributed by atoms with E-state index in [1.807, 2.05) is 0 Å². The third-order valence-corrected chi connectivity index (χ3v) is 2.04. The van der Waals surface area contributed by atoms with Crippen molar-refractivity contribution in [1.82, 2.24) is 9.88 Å². The van der Waals surface area contributed by atoms with E-state index in [1.165, 1.54) is 23.4 Å². The standard InChI is InChI=1S/C11H14N2O4/c1-13(2)10(14)3-4-17-9-5-8(11(15)16)6-12-7-9/h5-7H,3-4H2,1-2H3,(H,15,16). The van der Waals surface area contributed by atoms with Crippen LogP contribution in [0.15, 0.2) is 18.5 Å². The van der Waals surface area contributed by atoms with E-state index >= 15 is 0 Å². The molecular weight excluding hydrogens is 224 g/mol. The van der Waals surface area contributed by atoms with Gasteiger partial charge in [0.05, 0.1) is 24.8 Å². The Kier molecular flexibility index (Phi) is 4.45. The molecule has 6 heteroatoms. The van der Waals surface area contributed by atoms with E-state index in [1.54, 1.807) is 14.1 Å². The first-order valence-corrected chi connectivity index (χ1v) is 5.02. The Labute approximate surface area is 98.8 Å². The van der Waals surface area contributed by atoms with Crippen molar-refractivity contribution in [3.63, 3.8) is 0 Å². The van der Waals surface area contributed by atoms with E-state index in [2.05, 4.69) is 4.98 Å². The lowest BCUT2D eigenvalue weighted by atomic mass is 10.3. The highest BCUT2D eigenvalue weighted by atomic mass is 16.5. The SMILES string of the molecule is CN(C)C(=O)CCOc1cncc(C(=O)O)c1. The molecule has 0 aliphatic heterocycles. The number of carbonyl (C=O) groups excluding carboxylic acids is 1. The molecule has 0 unspecified atom stereocenters. The van der Waals surface area contributed by atoms with Crippen molar-refractivity contribution in [3.05, 3.63) is 24.0 Å². The van der Waals surface area contributed by atoms with Crippen LogP contribution in [-0.2, 0) is 4.79 Å². The zero-order chi connectivity index (χ0) is 12.8. The maximum absolute atomic E-state index is 11.2. The topological polar surface area (TPSA) is 79.7 Å². The molecule has 0 aliphatic carbocycles. The van der Waals surface area contributed by atoms with Crippen molar-refractivity contribution >= 4 is 11.9 Å². The molecule has 1 aromatic heterocycles. The van der Waals surface area contributed by atoms with Crippen molar-refractivity contribution in [2.45, 2.75) is 6.42 Å². The molecule has 0 atom stereocenters. The minimum absolute atomic E-state index is 0.0488. The predicted octanol–water partition coefficient (Wildman–Crippen LogP) is 0.637.